The molecule has 0 unspecified atom stereocenters. The number of guanidine groups is 1. The standard InChI is InChI=1S/C11H20N4O2S.ClH/c1-3-18-10-8(5-4-6-14-11(12)13)9(17)15(10)7(2)16;/h8,10H,3-6H2,1-2H3,(H4,12,13,14);1H/t8-,10+;/m1./s1. The van der Waals surface area contributed by atoms with Gasteiger partial charge in [0.2, 0.25) is 11.8 Å². The normalized spacial score (nSPS) is 21.4. The SMILES string of the molecule is CCS[C@H]1[C@H](CCCN=C(N)N)C(=O)N1C(C)=O.Cl. The van der Waals surface area contributed by atoms with Crippen LogP contribution in [0, 0.1) is 5.92 Å². The molecule has 0 aromatic carbocycles. The van der Waals surface area contributed by atoms with E-state index in [4.69, 9.17) is 11.5 Å². The molecule has 4 N–H and O–H groups in total. The van der Waals surface area contributed by atoms with Gasteiger partial charge in [-0.15, -0.1) is 24.2 Å². The molecule has 1 aliphatic rings. The summed E-state index contributed by atoms with van der Waals surface area (Å²) < 4.78 is 0. The Morgan fingerprint density at radius 1 is 1.47 bits per heavy atom. The lowest BCUT2D eigenvalue weighted by atomic mass is 9.93. The van der Waals surface area contributed by atoms with Crippen molar-refractivity contribution in [1.29, 1.82) is 0 Å². The zero-order valence-electron chi connectivity index (χ0n) is 11.2. The number of likely N-dealkylation sites (tertiary alicyclic amines) is 1. The van der Waals surface area contributed by atoms with E-state index in [1.165, 1.54) is 11.8 Å². The van der Waals surface area contributed by atoms with Gasteiger partial charge >= 0.3 is 0 Å². The minimum atomic E-state index is -0.175. The molecule has 2 amide bonds. The van der Waals surface area contributed by atoms with Gasteiger partial charge in [-0.3, -0.25) is 19.5 Å². The predicted octanol–water partition coefficient (Wildman–Crippen LogP) is 0.546. The second-order valence-corrected chi connectivity index (χ2v) is 5.52. The summed E-state index contributed by atoms with van der Waals surface area (Å²) in [4.78, 5) is 28.4. The molecule has 0 aromatic heterocycles. The van der Waals surface area contributed by atoms with Gasteiger partial charge in [0.05, 0.1) is 11.3 Å². The number of thioether (sulfide) groups is 1. The Labute approximate surface area is 123 Å². The van der Waals surface area contributed by atoms with Gasteiger partial charge in [0.15, 0.2) is 5.96 Å². The molecule has 1 fully saturated rings. The molecule has 1 heterocycles. The third kappa shape index (κ3) is 4.58. The first kappa shape index (κ1) is 18.0. The number of halogens is 1. The summed E-state index contributed by atoms with van der Waals surface area (Å²) in [6, 6.07) is 0. The highest BCUT2D eigenvalue weighted by molar-refractivity contribution is 8.00. The summed E-state index contributed by atoms with van der Waals surface area (Å²) in [7, 11) is 0. The van der Waals surface area contributed by atoms with E-state index in [0.717, 1.165) is 18.6 Å². The van der Waals surface area contributed by atoms with Crippen molar-refractivity contribution in [3.8, 4) is 0 Å². The van der Waals surface area contributed by atoms with Crippen LogP contribution in [-0.4, -0.2) is 40.3 Å². The summed E-state index contributed by atoms with van der Waals surface area (Å²) >= 11 is 1.63. The lowest BCUT2D eigenvalue weighted by Gasteiger charge is -2.44. The van der Waals surface area contributed by atoms with Crippen LogP contribution in [0.25, 0.3) is 0 Å². The highest BCUT2D eigenvalue weighted by Crippen LogP contribution is 2.37. The van der Waals surface area contributed by atoms with E-state index in [1.54, 1.807) is 11.8 Å². The number of nitrogens with two attached hydrogens (primary N) is 2. The average molecular weight is 309 g/mol. The monoisotopic (exact) mass is 308 g/mol. The largest absolute Gasteiger partial charge is 0.370 e. The molecule has 1 saturated heterocycles. The van der Waals surface area contributed by atoms with Gasteiger partial charge in [-0.2, -0.15) is 0 Å². The maximum atomic E-state index is 11.8. The van der Waals surface area contributed by atoms with Crippen LogP contribution in [0.5, 0.6) is 0 Å². The Morgan fingerprint density at radius 2 is 2.11 bits per heavy atom. The molecule has 110 valence electrons. The molecular weight excluding hydrogens is 288 g/mol. The summed E-state index contributed by atoms with van der Waals surface area (Å²) in [6.45, 7) is 3.97. The number of rotatable bonds is 6. The highest BCUT2D eigenvalue weighted by Gasteiger charge is 2.48. The van der Waals surface area contributed by atoms with Gasteiger partial charge < -0.3 is 11.5 Å². The number of carbonyl (C=O) groups excluding carboxylic acids is 2. The second kappa shape index (κ2) is 8.27. The third-order valence-corrected chi connectivity index (χ3v) is 4.01. The molecule has 6 nitrogen and oxygen atoms in total. The highest BCUT2D eigenvalue weighted by atomic mass is 35.5. The fraction of sp³-hybridized carbons (Fsp3) is 0.727. The number of aliphatic imine (C=N–C) groups is 1. The molecule has 1 aliphatic heterocycles. The maximum Gasteiger partial charge on any atom is 0.236 e. The fourth-order valence-electron chi connectivity index (χ4n) is 2.01. The lowest BCUT2D eigenvalue weighted by molar-refractivity contribution is -0.160. The molecule has 0 radical (unpaired) electrons. The predicted molar refractivity (Wildman–Crippen MR) is 80.1 cm³/mol. The fourth-order valence-corrected chi connectivity index (χ4v) is 3.23. The number of imide groups is 1. The van der Waals surface area contributed by atoms with Gasteiger partial charge in [0, 0.05) is 13.5 Å². The van der Waals surface area contributed by atoms with E-state index in [1.807, 2.05) is 6.92 Å². The number of nitrogens with zero attached hydrogens (tertiary/aromatic N) is 2. The van der Waals surface area contributed by atoms with Crippen LogP contribution in [0.4, 0.5) is 0 Å². The van der Waals surface area contributed by atoms with Crippen molar-refractivity contribution in [1.82, 2.24) is 4.90 Å². The van der Waals surface area contributed by atoms with Crippen molar-refractivity contribution in [2.45, 2.75) is 32.1 Å². The Bertz CT molecular complexity index is 361. The van der Waals surface area contributed by atoms with Gasteiger partial charge in [0.1, 0.15) is 0 Å². The molecule has 0 aromatic rings. The molecule has 0 spiro atoms. The Kier molecular flexibility index (Phi) is 7.85. The van der Waals surface area contributed by atoms with Crippen molar-refractivity contribution in [3.05, 3.63) is 0 Å². The number of hydrogen-bond donors (Lipinski definition) is 2. The zero-order valence-corrected chi connectivity index (χ0v) is 12.8. The van der Waals surface area contributed by atoms with Crippen LogP contribution in [0.1, 0.15) is 26.7 Å². The number of amides is 2. The minimum absolute atomic E-state index is 0. The average Bonchev–Trinajstić information content (AvgIpc) is 2.27. The van der Waals surface area contributed by atoms with E-state index in [9.17, 15) is 9.59 Å². The smallest absolute Gasteiger partial charge is 0.236 e. The molecule has 8 heteroatoms. The van der Waals surface area contributed by atoms with E-state index in [0.29, 0.717) is 6.54 Å². The Morgan fingerprint density at radius 3 is 2.58 bits per heavy atom. The topological polar surface area (TPSA) is 102 Å². The molecular formula is C11H21ClN4O2S. The molecule has 1 rings (SSSR count). The van der Waals surface area contributed by atoms with Crippen LogP contribution >= 0.6 is 24.2 Å². The second-order valence-electron chi connectivity index (χ2n) is 4.13. The lowest BCUT2D eigenvalue weighted by Crippen LogP contribution is -2.61. The Balaban J connectivity index is 0.00000324. The van der Waals surface area contributed by atoms with Crippen LogP contribution in [0.2, 0.25) is 0 Å². The maximum absolute atomic E-state index is 11.8. The van der Waals surface area contributed by atoms with E-state index in [-0.39, 0.29) is 41.5 Å². The Hall–Kier alpha value is -0.950. The van der Waals surface area contributed by atoms with Crippen LogP contribution in [0.15, 0.2) is 4.99 Å². The van der Waals surface area contributed by atoms with Gasteiger partial charge in [-0.05, 0) is 18.6 Å². The molecule has 0 saturated carbocycles. The summed E-state index contributed by atoms with van der Waals surface area (Å²) in [5, 5.41) is -0.0146. The van der Waals surface area contributed by atoms with E-state index < -0.39 is 0 Å². The van der Waals surface area contributed by atoms with Crippen molar-refractivity contribution in [2.75, 3.05) is 12.3 Å². The third-order valence-electron chi connectivity index (χ3n) is 2.80. The molecule has 0 aliphatic carbocycles. The van der Waals surface area contributed by atoms with Crippen molar-refractivity contribution >= 4 is 41.9 Å². The number of hydrogen-bond acceptors (Lipinski definition) is 4. The summed E-state index contributed by atoms with van der Waals surface area (Å²) in [6.07, 6.45) is 1.47. The van der Waals surface area contributed by atoms with Gasteiger partial charge in [0.25, 0.3) is 0 Å². The van der Waals surface area contributed by atoms with Gasteiger partial charge in [-0.25, -0.2) is 0 Å². The van der Waals surface area contributed by atoms with Crippen LogP contribution < -0.4 is 11.5 Å². The molecule has 19 heavy (non-hydrogen) atoms. The number of carbonyl (C=O) groups is 2. The van der Waals surface area contributed by atoms with E-state index in [2.05, 4.69) is 4.99 Å². The first-order valence-electron chi connectivity index (χ1n) is 5.99. The summed E-state index contributed by atoms with van der Waals surface area (Å²) in [5.41, 5.74) is 10.4. The van der Waals surface area contributed by atoms with Gasteiger partial charge in [-0.1, -0.05) is 6.92 Å². The minimum Gasteiger partial charge on any atom is -0.370 e. The first-order valence-corrected chi connectivity index (χ1v) is 7.04. The molecule has 2 atom stereocenters. The van der Waals surface area contributed by atoms with E-state index >= 15 is 0 Å². The molecule has 0 bridgehead atoms. The first-order chi connectivity index (χ1) is 8.49. The van der Waals surface area contributed by atoms with Crippen molar-refractivity contribution in [2.24, 2.45) is 22.4 Å². The zero-order chi connectivity index (χ0) is 13.7. The van der Waals surface area contributed by atoms with Crippen molar-refractivity contribution in [3.63, 3.8) is 0 Å². The van der Waals surface area contributed by atoms with Crippen molar-refractivity contribution < 1.29 is 9.59 Å². The quantitative estimate of drug-likeness (QED) is 0.323. The summed E-state index contributed by atoms with van der Waals surface area (Å²) in [5.74, 6) is 0.629. The number of β-lactam (4-membered cyclic amide) rings is 1. The van der Waals surface area contributed by atoms with Crippen LogP contribution in [0.3, 0.4) is 0 Å². The van der Waals surface area contributed by atoms with Crippen LogP contribution in [-0.2, 0) is 9.59 Å².